The molecule has 0 heterocycles. The number of ether oxygens (including phenoxy) is 3. The molecular weight excluding hydrogens is 440 g/mol. The topological polar surface area (TPSA) is 65.0 Å². The fraction of sp³-hybridized carbons (Fsp3) is 0.500. The maximum atomic E-state index is 11.2. The minimum atomic E-state index is -0.906. The van der Waals surface area contributed by atoms with E-state index < -0.39 is 5.97 Å². The maximum absolute atomic E-state index is 11.2. The number of hydrogen-bond donors (Lipinski definition) is 1. The highest BCUT2D eigenvalue weighted by Crippen LogP contribution is 2.62. The van der Waals surface area contributed by atoms with Crippen LogP contribution in [0, 0.1) is 17.8 Å². The van der Waals surface area contributed by atoms with E-state index in [4.69, 9.17) is 14.2 Å². The molecule has 5 heteroatoms. The fourth-order valence-electron chi connectivity index (χ4n) is 7.07. The van der Waals surface area contributed by atoms with Crippen LogP contribution >= 0.6 is 0 Å². The predicted octanol–water partition coefficient (Wildman–Crippen LogP) is 6.76. The number of hydrogen-bond acceptors (Lipinski definition) is 4. The van der Waals surface area contributed by atoms with Gasteiger partial charge in [0.05, 0.1) is 5.56 Å². The molecule has 4 aliphatic rings. The quantitative estimate of drug-likeness (QED) is 0.320. The van der Waals surface area contributed by atoms with Gasteiger partial charge in [-0.3, -0.25) is 0 Å². The van der Waals surface area contributed by atoms with Gasteiger partial charge in [-0.15, -0.1) is 0 Å². The SMILES string of the molecule is COC(C)OCOc1ccc(/C(C)=C/c2ccc(C(=O)O)cc2)cc1C12CC3CC(CC(C3)C1)C2. The summed E-state index contributed by atoms with van der Waals surface area (Å²) in [6.45, 7) is 4.15. The van der Waals surface area contributed by atoms with E-state index in [1.807, 2.05) is 19.1 Å². The monoisotopic (exact) mass is 476 g/mol. The molecule has 0 saturated heterocycles. The van der Waals surface area contributed by atoms with E-state index in [1.165, 1.54) is 49.7 Å². The highest BCUT2D eigenvalue weighted by atomic mass is 16.7. The van der Waals surface area contributed by atoms with E-state index in [0.29, 0.717) is 5.56 Å². The highest BCUT2D eigenvalue weighted by molar-refractivity contribution is 5.88. The second-order valence-corrected chi connectivity index (χ2v) is 10.9. The average molecular weight is 477 g/mol. The van der Waals surface area contributed by atoms with Gasteiger partial charge in [-0.25, -0.2) is 4.79 Å². The van der Waals surface area contributed by atoms with Gasteiger partial charge in [0, 0.05) is 12.7 Å². The third-order valence-electron chi connectivity index (χ3n) is 8.43. The first-order valence-electron chi connectivity index (χ1n) is 12.8. The molecule has 35 heavy (non-hydrogen) atoms. The lowest BCUT2D eigenvalue weighted by Crippen LogP contribution is -2.48. The summed E-state index contributed by atoms with van der Waals surface area (Å²) in [5, 5.41) is 9.17. The standard InChI is InChI=1S/C30H36O5/c1-19(10-21-4-6-25(7-5-21)29(31)32)26-8-9-28(35-18-34-20(2)33-3)27(14-26)30-15-22-11-23(16-30)13-24(12-22)17-30/h4-10,14,20,22-24H,11-13,15-18H2,1-3H3,(H,31,32)/b19-10+. The number of allylic oxidation sites excluding steroid dienone is 1. The second-order valence-electron chi connectivity index (χ2n) is 10.9. The molecule has 5 nitrogen and oxygen atoms in total. The summed E-state index contributed by atoms with van der Waals surface area (Å²) in [5.74, 6) is 2.54. The van der Waals surface area contributed by atoms with E-state index >= 15 is 0 Å². The minimum Gasteiger partial charge on any atom is -0.478 e. The van der Waals surface area contributed by atoms with Crippen molar-refractivity contribution in [1.29, 1.82) is 0 Å². The summed E-state index contributed by atoms with van der Waals surface area (Å²) in [6, 6.07) is 13.6. The Hall–Kier alpha value is -2.63. The number of aromatic carboxylic acids is 1. The smallest absolute Gasteiger partial charge is 0.335 e. The first-order valence-corrected chi connectivity index (χ1v) is 12.8. The van der Waals surface area contributed by atoms with Crippen molar-refractivity contribution in [3.63, 3.8) is 0 Å². The van der Waals surface area contributed by atoms with Crippen molar-refractivity contribution in [3.05, 3.63) is 64.7 Å². The summed E-state index contributed by atoms with van der Waals surface area (Å²) >= 11 is 0. The molecule has 1 N–H and O–H groups in total. The van der Waals surface area contributed by atoms with Crippen molar-refractivity contribution in [2.24, 2.45) is 17.8 Å². The van der Waals surface area contributed by atoms with Crippen molar-refractivity contribution in [2.75, 3.05) is 13.9 Å². The van der Waals surface area contributed by atoms with Crippen LogP contribution in [0.1, 0.15) is 79.4 Å². The Bertz CT molecular complexity index is 1060. The van der Waals surface area contributed by atoms with E-state index in [2.05, 4.69) is 31.2 Å². The molecule has 4 aliphatic carbocycles. The van der Waals surface area contributed by atoms with Crippen LogP contribution in [0.15, 0.2) is 42.5 Å². The summed E-state index contributed by atoms with van der Waals surface area (Å²) in [4.78, 5) is 11.2. The summed E-state index contributed by atoms with van der Waals surface area (Å²) in [7, 11) is 1.63. The minimum absolute atomic E-state index is 0.165. The molecule has 0 aliphatic heterocycles. The Morgan fingerprint density at radius 1 is 1.03 bits per heavy atom. The van der Waals surface area contributed by atoms with Gasteiger partial charge in [0.25, 0.3) is 0 Å². The van der Waals surface area contributed by atoms with E-state index in [9.17, 15) is 9.90 Å². The Kier molecular flexibility index (Phi) is 6.73. The van der Waals surface area contributed by atoms with Gasteiger partial charge in [-0.2, -0.15) is 0 Å². The van der Waals surface area contributed by atoms with Crippen molar-refractivity contribution in [3.8, 4) is 5.75 Å². The van der Waals surface area contributed by atoms with Crippen LogP contribution in [0.3, 0.4) is 0 Å². The van der Waals surface area contributed by atoms with Gasteiger partial charge in [0.1, 0.15) is 5.75 Å². The number of benzene rings is 2. The molecule has 0 amide bonds. The molecule has 4 saturated carbocycles. The Balaban J connectivity index is 1.46. The number of methoxy groups -OCH3 is 1. The van der Waals surface area contributed by atoms with Gasteiger partial charge in [-0.05, 0) is 117 Å². The molecule has 1 atom stereocenters. The van der Waals surface area contributed by atoms with Crippen LogP contribution in [-0.2, 0) is 14.9 Å². The van der Waals surface area contributed by atoms with Crippen LogP contribution in [0.5, 0.6) is 5.75 Å². The molecular formula is C30H36O5. The fourth-order valence-corrected chi connectivity index (χ4v) is 7.07. The number of carboxylic acid groups (broad SMARTS) is 1. The number of carbonyl (C=O) groups is 1. The lowest BCUT2D eigenvalue weighted by Gasteiger charge is -2.57. The summed E-state index contributed by atoms with van der Waals surface area (Å²) in [5.41, 5.74) is 5.14. The largest absolute Gasteiger partial charge is 0.478 e. The summed E-state index contributed by atoms with van der Waals surface area (Å²) < 4.78 is 17.1. The molecule has 4 fully saturated rings. The molecule has 2 aromatic carbocycles. The Morgan fingerprint density at radius 2 is 1.63 bits per heavy atom. The molecule has 0 spiro atoms. The molecule has 4 bridgehead atoms. The predicted molar refractivity (Wildman–Crippen MR) is 136 cm³/mol. The molecule has 1 unspecified atom stereocenters. The van der Waals surface area contributed by atoms with Crippen molar-refractivity contribution in [2.45, 2.75) is 64.1 Å². The molecule has 2 aromatic rings. The zero-order valence-electron chi connectivity index (χ0n) is 21.0. The van der Waals surface area contributed by atoms with Crippen LogP contribution in [0.2, 0.25) is 0 Å². The molecule has 0 radical (unpaired) electrons. The zero-order valence-corrected chi connectivity index (χ0v) is 21.0. The van der Waals surface area contributed by atoms with E-state index in [0.717, 1.165) is 34.6 Å². The first kappa shape index (κ1) is 24.1. The van der Waals surface area contributed by atoms with E-state index in [-0.39, 0.29) is 18.5 Å². The maximum Gasteiger partial charge on any atom is 0.335 e. The number of carboxylic acids is 1. The van der Waals surface area contributed by atoms with Crippen molar-refractivity contribution in [1.82, 2.24) is 0 Å². The lowest BCUT2D eigenvalue weighted by atomic mass is 9.48. The molecule has 0 aromatic heterocycles. The highest BCUT2D eigenvalue weighted by Gasteiger charge is 2.52. The van der Waals surface area contributed by atoms with Crippen molar-refractivity contribution >= 4 is 17.6 Å². The van der Waals surface area contributed by atoms with Gasteiger partial charge < -0.3 is 19.3 Å². The zero-order chi connectivity index (χ0) is 24.6. The molecule has 186 valence electrons. The van der Waals surface area contributed by atoms with Crippen LogP contribution in [0.25, 0.3) is 11.6 Å². The Labute approximate surface area is 208 Å². The molecule has 6 rings (SSSR count). The first-order chi connectivity index (χ1) is 16.8. The third-order valence-corrected chi connectivity index (χ3v) is 8.43. The summed E-state index contributed by atoms with van der Waals surface area (Å²) in [6.07, 6.45) is 9.77. The van der Waals surface area contributed by atoms with Gasteiger partial charge in [0.2, 0.25) is 0 Å². The van der Waals surface area contributed by atoms with Crippen LogP contribution in [0.4, 0.5) is 0 Å². The normalized spacial score (nSPS) is 28.2. The van der Waals surface area contributed by atoms with Gasteiger partial charge >= 0.3 is 5.97 Å². The van der Waals surface area contributed by atoms with Gasteiger partial charge in [-0.1, -0.05) is 24.3 Å². The third kappa shape index (κ3) is 5.03. The van der Waals surface area contributed by atoms with Crippen LogP contribution < -0.4 is 4.74 Å². The Morgan fingerprint density at radius 3 is 2.20 bits per heavy atom. The van der Waals surface area contributed by atoms with E-state index in [1.54, 1.807) is 19.2 Å². The van der Waals surface area contributed by atoms with Gasteiger partial charge in [0.15, 0.2) is 13.1 Å². The number of rotatable bonds is 9. The average Bonchev–Trinajstić information content (AvgIpc) is 2.83. The van der Waals surface area contributed by atoms with Crippen LogP contribution in [-0.4, -0.2) is 31.3 Å². The lowest BCUT2D eigenvalue weighted by molar-refractivity contribution is -0.150. The van der Waals surface area contributed by atoms with Crippen molar-refractivity contribution < 1.29 is 24.1 Å². The second kappa shape index (κ2) is 9.79.